The van der Waals surface area contributed by atoms with Gasteiger partial charge in [-0.25, -0.2) is 18.5 Å². The molecule has 0 aliphatic heterocycles. The predicted octanol–water partition coefficient (Wildman–Crippen LogP) is -0.438. The van der Waals surface area contributed by atoms with Crippen LogP contribution in [0.15, 0.2) is 12.3 Å². The summed E-state index contributed by atoms with van der Waals surface area (Å²) in [7, 11) is -3.62. The molecule has 0 atom stereocenters. The first-order valence-electron chi connectivity index (χ1n) is 4.62. The van der Waals surface area contributed by atoms with Crippen molar-refractivity contribution in [2.24, 2.45) is 5.14 Å². The lowest BCUT2D eigenvalue weighted by Crippen LogP contribution is -2.22. The molecule has 0 spiro atoms. The van der Waals surface area contributed by atoms with Gasteiger partial charge in [-0.1, -0.05) is 0 Å². The van der Waals surface area contributed by atoms with Gasteiger partial charge < -0.3 is 5.32 Å². The van der Waals surface area contributed by atoms with E-state index >= 15 is 0 Å². The highest BCUT2D eigenvalue weighted by Gasteiger charge is 2.12. The minimum absolute atomic E-state index is 0.0429. The molecule has 10 heteroatoms. The van der Waals surface area contributed by atoms with Crippen molar-refractivity contribution in [1.82, 2.24) is 4.98 Å². The van der Waals surface area contributed by atoms with Gasteiger partial charge in [0.2, 0.25) is 10.0 Å². The normalized spacial score (nSPS) is 10.7. The molecular formula is C8H9N5O4S. The first-order valence-corrected chi connectivity index (χ1v) is 6.34. The van der Waals surface area contributed by atoms with Crippen LogP contribution in [0.25, 0.3) is 0 Å². The number of sulfonamides is 1. The van der Waals surface area contributed by atoms with Gasteiger partial charge in [0.05, 0.1) is 10.7 Å². The van der Waals surface area contributed by atoms with E-state index in [-0.39, 0.29) is 29.4 Å². The Bertz CT molecular complexity index is 606. The van der Waals surface area contributed by atoms with Crippen molar-refractivity contribution in [2.75, 3.05) is 17.6 Å². The van der Waals surface area contributed by atoms with Gasteiger partial charge in [-0.15, -0.1) is 0 Å². The van der Waals surface area contributed by atoms with Crippen LogP contribution in [0, 0.1) is 21.4 Å². The van der Waals surface area contributed by atoms with Crippen LogP contribution in [0.1, 0.15) is 5.56 Å². The molecule has 3 N–H and O–H groups in total. The summed E-state index contributed by atoms with van der Waals surface area (Å²) in [6.45, 7) is -0.0433. The van der Waals surface area contributed by atoms with Crippen LogP contribution < -0.4 is 10.5 Å². The SMILES string of the molecule is N#Cc1cc([N+](=O)[O-])cnc1NCCS(N)(=O)=O. The molecule has 0 bridgehead atoms. The number of rotatable bonds is 5. The van der Waals surface area contributed by atoms with Crippen LogP contribution in [-0.4, -0.2) is 30.6 Å². The van der Waals surface area contributed by atoms with Gasteiger partial charge in [-0.2, -0.15) is 5.26 Å². The van der Waals surface area contributed by atoms with Gasteiger partial charge in [0, 0.05) is 12.6 Å². The monoisotopic (exact) mass is 271 g/mol. The molecule has 0 aromatic carbocycles. The molecule has 0 aliphatic carbocycles. The average molecular weight is 271 g/mol. The Hall–Kier alpha value is -2.25. The zero-order valence-corrected chi connectivity index (χ0v) is 9.85. The Morgan fingerprint density at radius 3 is 2.78 bits per heavy atom. The smallest absolute Gasteiger partial charge is 0.289 e. The largest absolute Gasteiger partial charge is 0.368 e. The molecule has 1 rings (SSSR count). The maximum absolute atomic E-state index is 10.7. The molecule has 1 aromatic rings. The molecular weight excluding hydrogens is 262 g/mol. The van der Waals surface area contributed by atoms with Gasteiger partial charge in [0.1, 0.15) is 23.6 Å². The van der Waals surface area contributed by atoms with E-state index in [4.69, 9.17) is 10.4 Å². The quantitative estimate of drug-likeness (QED) is 0.543. The molecule has 0 saturated heterocycles. The van der Waals surface area contributed by atoms with Gasteiger partial charge in [-0.05, 0) is 0 Å². The number of nitrogens with two attached hydrogens (primary N) is 1. The molecule has 0 fully saturated rings. The number of pyridine rings is 1. The van der Waals surface area contributed by atoms with E-state index in [2.05, 4.69) is 10.3 Å². The summed E-state index contributed by atoms with van der Waals surface area (Å²) in [6, 6.07) is 2.78. The van der Waals surface area contributed by atoms with Crippen LogP contribution in [0.4, 0.5) is 11.5 Å². The molecule has 0 radical (unpaired) electrons. The van der Waals surface area contributed by atoms with Crippen molar-refractivity contribution in [3.63, 3.8) is 0 Å². The third-order valence-corrected chi connectivity index (χ3v) is 2.66. The van der Waals surface area contributed by atoms with E-state index in [1.54, 1.807) is 6.07 Å². The van der Waals surface area contributed by atoms with E-state index in [1.807, 2.05) is 0 Å². The second-order valence-corrected chi connectivity index (χ2v) is 4.99. The van der Waals surface area contributed by atoms with Crippen molar-refractivity contribution >= 4 is 21.5 Å². The summed E-state index contributed by atoms with van der Waals surface area (Å²) in [5, 5.41) is 26.6. The van der Waals surface area contributed by atoms with E-state index in [9.17, 15) is 18.5 Å². The van der Waals surface area contributed by atoms with Crippen molar-refractivity contribution in [3.05, 3.63) is 27.9 Å². The van der Waals surface area contributed by atoms with E-state index < -0.39 is 14.9 Å². The Morgan fingerprint density at radius 2 is 2.28 bits per heavy atom. The first kappa shape index (κ1) is 13.8. The topological polar surface area (TPSA) is 152 Å². The molecule has 0 amide bonds. The molecule has 18 heavy (non-hydrogen) atoms. The number of aromatic nitrogens is 1. The van der Waals surface area contributed by atoms with Crippen LogP contribution in [0.3, 0.4) is 0 Å². The maximum Gasteiger partial charge on any atom is 0.289 e. The van der Waals surface area contributed by atoms with Crippen molar-refractivity contribution in [2.45, 2.75) is 0 Å². The first-order chi connectivity index (χ1) is 8.33. The highest BCUT2D eigenvalue weighted by atomic mass is 32.2. The van der Waals surface area contributed by atoms with Crippen LogP contribution in [-0.2, 0) is 10.0 Å². The van der Waals surface area contributed by atoms with Gasteiger partial charge >= 0.3 is 0 Å². The number of nitrogens with zero attached hydrogens (tertiary/aromatic N) is 3. The fourth-order valence-corrected chi connectivity index (χ4v) is 1.48. The second kappa shape index (κ2) is 5.39. The zero-order valence-electron chi connectivity index (χ0n) is 9.03. The van der Waals surface area contributed by atoms with Crippen molar-refractivity contribution < 1.29 is 13.3 Å². The summed E-state index contributed by atoms with van der Waals surface area (Å²) >= 11 is 0. The van der Waals surface area contributed by atoms with Crippen molar-refractivity contribution in [3.8, 4) is 6.07 Å². The number of nitrogens with one attached hydrogen (secondary N) is 1. The summed E-state index contributed by atoms with van der Waals surface area (Å²) in [5.74, 6) is -0.261. The minimum atomic E-state index is -3.62. The molecule has 1 aromatic heterocycles. The number of hydrogen-bond donors (Lipinski definition) is 2. The minimum Gasteiger partial charge on any atom is -0.368 e. The van der Waals surface area contributed by atoms with Gasteiger partial charge in [0.15, 0.2) is 0 Å². The Labute approximate surface area is 102 Å². The number of nitriles is 1. The molecule has 96 valence electrons. The average Bonchev–Trinajstić information content (AvgIpc) is 2.27. The molecule has 9 nitrogen and oxygen atoms in total. The van der Waals surface area contributed by atoms with Crippen LogP contribution >= 0.6 is 0 Å². The molecule has 0 saturated carbocycles. The fraction of sp³-hybridized carbons (Fsp3) is 0.250. The standard InChI is InChI=1S/C8H9N5O4S/c9-4-6-3-7(13(14)15)5-12-8(6)11-1-2-18(10,16)17/h3,5H,1-2H2,(H,11,12)(H2,10,16,17). The fourth-order valence-electron chi connectivity index (χ4n) is 1.09. The van der Waals surface area contributed by atoms with E-state index in [1.165, 1.54) is 0 Å². The summed E-state index contributed by atoms with van der Waals surface area (Å²) < 4.78 is 21.4. The predicted molar refractivity (Wildman–Crippen MR) is 62.1 cm³/mol. The lowest BCUT2D eigenvalue weighted by molar-refractivity contribution is -0.385. The van der Waals surface area contributed by atoms with E-state index in [0.717, 1.165) is 12.3 Å². The van der Waals surface area contributed by atoms with Crippen LogP contribution in [0.5, 0.6) is 0 Å². The van der Waals surface area contributed by atoms with Gasteiger partial charge in [-0.3, -0.25) is 10.1 Å². The third kappa shape index (κ3) is 3.96. The Kier molecular flexibility index (Phi) is 4.13. The summed E-state index contributed by atoms with van der Waals surface area (Å²) in [5.41, 5.74) is -0.359. The number of nitro groups is 1. The van der Waals surface area contributed by atoms with E-state index in [0.29, 0.717) is 0 Å². The highest BCUT2D eigenvalue weighted by Crippen LogP contribution is 2.17. The lowest BCUT2D eigenvalue weighted by Gasteiger charge is -2.05. The highest BCUT2D eigenvalue weighted by molar-refractivity contribution is 7.89. The lowest BCUT2D eigenvalue weighted by atomic mass is 10.2. The van der Waals surface area contributed by atoms with Gasteiger partial charge in [0.25, 0.3) is 5.69 Å². The Morgan fingerprint density at radius 1 is 1.61 bits per heavy atom. The third-order valence-electron chi connectivity index (χ3n) is 1.88. The molecule has 0 aliphatic rings. The zero-order chi connectivity index (χ0) is 13.8. The van der Waals surface area contributed by atoms with Crippen LogP contribution in [0.2, 0.25) is 0 Å². The number of anilines is 1. The summed E-state index contributed by atoms with van der Waals surface area (Å²) in [4.78, 5) is 13.5. The molecule has 0 unspecified atom stereocenters. The van der Waals surface area contributed by atoms with Crippen molar-refractivity contribution in [1.29, 1.82) is 5.26 Å². The number of primary sulfonamides is 1. The Balaban J connectivity index is 2.84. The maximum atomic E-state index is 10.7. The second-order valence-electron chi connectivity index (χ2n) is 3.25. The number of hydrogen-bond acceptors (Lipinski definition) is 7. The molecule has 1 heterocycles. The summed E-state index contributed by atoms with van der Waals surface area (Å²) in [6.07, 6.45) is 0.972.